The number of aliphatic imine (C=N–C) groups is 1. The van der Waals surface area contributed by atoms with Gasteiger partial charge in [-0.15, -0.1) is 0 Å². The highest BCUT2D eigenvalue weighted by molar-refractivity contribution is 6.15. The van der Waals surface area contributed by atoms with Crippen LogP contribution in [0.4, 0.5) is 5.69 Å². The zero-order valence-electron chi connectivity index (χ0n) is 11.8. The maximum absolute atomic E-state index is 11.4. The Morgan fingerprint density at radius 2 is 1.73 bits per heavy atom. The molecule has 3 nitrogen and oxygen atoms in total. The average molecular weight is 287 g/mol. The van der Waals surface area contributed by atoms with Crippen molar-refractivity contribution >= 4 is 28.1 Å². The average Bonchev–Trinajstić information content (AvgIpc) is 2.97. The number of carbonyl (C=O) groups is 1. The lowest BCUT2D eigenvalue weighted by atomic mass is 9.96. The molecule has 22 heavy (non-hydrogen) atoms. The van der Waals surface area contributed by atoms with E-state index in [9.17, 15) is 9.90 Å². The van der Waals surface area contributed by atoms with E-state index in [0.717, 1.165) is 33.3 Å². The first kappa shape index (κ1) is 12.8. The Bertz CT molecular complexity index is 936. The van der Waals surface area contributed by atoms with Crippen molar-refractivity contribution in [3.05, 3.63) is 77.4 Å². The summed E-state index contributed by atoms with van der Waals surface area (Å²) >= 11 is 0. The van der Waals surface area contributed by atoms with Crippen LogP contribution in [0.15, 0.2) is 65.7 Å². The van der Waals surface area contributed by atoms with Crippen molar-refractivity contribution in [2.75, 3.05) is 0 Å². The first-order valence-corrected chi connectivity index (χ1v) is 7.15. The summed E-state index contributed by atoms with van der Waals surface area (Å²) in [5.74, 6) is -0.897. The molecule has 0 spiro atoms. The summed E-state index contributed by atoms with van der Waals surface area (Å²) in [6.45, 7) is 0. The minimum absolute atomic E-state index is 0.344. The van der Waals surface area contributed by atoms with Gasteiger partial charge in [0.15, 0.2) is 0 Å². The molecule has 4 rings (SSSR count). The molecule has 3 aromatic carbocycles. The quantitative estimate of drug-likeness (QED) is 0.767. The van der Waals surface area contributed by atoms with Gasteiger partial charge >= 0.3 is 5.97 Å². The van der Waals surface area contributed by atoms with Gasteiger partial charge in [-0.3, -0.25) is 4.99 Å². The first-order chi connectivity index (χ1) is 10.7. The normalized spacial score (nSPS) is 13.0. The molecule has 0 unspecified atom stereocenters. The maximum atomic E-state index is 11.4. The van der Waals surface area contributed by atoms with Gasteiger partial charge in [0.2, 0.25) is 0 Å². The highest BCUT2D eigenvalue weighted by atomic mass is 16.4. The minimum atomic E-state index is -0.897. The summed E-state index contributed by atoms with van der Waals surface area (Å²) in [6, 6.07) is 19.6. The van der Waals surface area contributed by atoms with Crippen molar-refractivity contribution in [1.29, 1.82) is 0 Å². The van der Waals surface area contributed by atoms with Crippen molar-refractivity contribution in [3.63, 3.8) is 0 Å². The molecule has 1 N–H and O–H groups in total. The Labute approximate surface area is 127 Å². The van der Waals surface area contributed by atoms with Crippen LogP contribution in [0.2, 0.25) is 0 Å². The number of aromatic carboxylic acids is 1. The van der Waals surface area contributed by atoms with Gasteiger partial charge in [0.05, 0.1) is 17.0 Å². The third kappa shape index (κ3) is 1.91. The van der Waals surface area contributed by atoms with Gasteiger partial charge in [0.1, 0.15) is 0 Å². The second-order valence-electron chi connectivity index (χ2n) is 5.37. The molecule has 0 radical (unpaired) electrons. The Morgan fingerprint density at radius 1 is 0.955 bits per heavy atom. The Morgan fingerprint density at radius 3 is 2.59 bits per heavy atom. The standard InChI is InChI=1S/C19H13NO2/c21-19(22)15-9-4-10-17-16(15)11-18(20-17)14-8-3-6-12-5-1-2-7-13(12)14/h1-10H,11H2,(H,21,22). The molecule has 106 valence electrons. The van der Waals surface area contributed by atoms with E-state index in [2.05, 4.69) is 23.2 Å². The monoisotopic (exact) mass is 287 g/mol. The topological polar surface area (TPSA) is 49.7 Å². The first-order valence-electron chi connectivity index (χ1n) is 7.15. The molecule has 0 amide bonds. The third-order valence-corrected chi connectivity index (χ3v) is 4.08. The molecule has 1 heterocycles. The van der Waals surface area contributed by atoms with Crippen LogP contribution in [-0.2, 0) is 6.42 Å². The summed E-state index contributed by atoms with van der Waals surface area (Å²) in [5.41, 5.74) is 3.92. The van der Waals surface area contributed by atoms with E-state index in [-0.39, 0.29) is 0 Å². The van der Waals surface area contributed by atoms with Crippen LogP contribution in [0, 0.1) is 0 Å². The SMILES string of the molecule is O=C(O)c1cccc2c1CC(c1cccc3ccccc13)=N2. The second-order valence-corrected chi connectivity index (χ2v) is 5.37. The summed E-state index contributed by atoms with van der Waals surface area (Å²) < 4.78 is 0. The molecule has 0 atom stereocenters. The number of carboxylic acid groups (broad SMARTS) is 1. The number of hydrogen-bond donors (Lipinski definition) is 1. The third-order valence-electron chi connectivity index (χ3n) is 4.08. The molecule has 1 aliphatic rings. The van der Waals surface area contributed by atoms with Crippen LogP contribution < -0.4 is 0 Å². The molecule has 1 aliphatic heterocycles. The summed E-state index contributed by atoms with van der Waals surface area (Å²) in [6.07, 6.45) is 0.561. The molecule has 3 heteroatoms. The Kier molecular flexibility index (Phi) is 2.79. The van der Waals surface area contributed by atoms with Crippen LogP contribution in [0.5, 0.6) is 0 Å². The van der Waals surface area contributed by atoms with Gasteiger partial charge in [-0.2, -0.15) is 0 Å². The molecular weight excluding hydrogens is 274 g/mol. The predicted octanol–water partition coefficient (Wildman–Crippen LogP) is 4.21. The number of hydrogen-bond acceptors (Lipinski definition) is 2. The summed E-state index contributed by atoms with van der Waals surface area (Å²) in [4.78, 5) is 16.0. The van der Waals surface area contributed by atoms with Crippen LogP contribution in [0.1, 0.15) is 21.5 Å². The highest BCUT2D eigenvalue weighted by Crippen LogP contribution is 2.33. The van der Waals surface area contributed by atoms with Crippen molar-refractivity contribution in [3.8, 4) is 0 Å². The highest BCUT2D eigenvalue weighted by Gasteiger charge is 2.22. The fraction of sp³-hybridized carbons (Fsp3) is 0.0526. The van der Waals surface area contributed by atoms with Crippen LogP contribution in [0.3, 0.4) is 0 Å². The van der Waals surface area contributed by atoms with Crippen LogP contribution in [-0.4, -0.2) is 16.8 Å². The minimum Gasteiger partial charge on any atom is -0.478 e. The zero-order valence-corrected chi connectivity index (χ0v) is 11.8. The zero-order chi connectivity index (χ0) is 15.1. The van der Waals surface area contributed by atoms with Crippen molar-refractivity contribution in [2.24, 2.45) is 4.99 Å². The summed E-state index contributed by atoms with van der Waals surface area (Å²) in [5, 5.41) is 11.6. The van der Waals surface area contributed by atoms with Gasteiger partial charge in [-0.1, -0.05) is 48.5 Å². The lowest BCUT2D eigenvalue weighted by Gasteiger charge is -2.06. The maximum Gasteiger partial charge on any atom is 0.336 e. The van der Waals surface area contributed by atoms with Crippen LogP contribution >= 0.6 is 0 Å². The van der Waals surface area contributed by atoms with E-state index < -0.39 is 5.97 Å². The number of carboxylic acids is 1. The number of benzene rings is 3. The smallest absolute Gasteiger partial charge is 0.336 e. The number of fused-ring (bicyclic) bond motifs is 2. The van der Waals surface area contributed by atoms with Crippen LogP contribution in [0.25, 0.3) is 10.8 Å². The van der Waals surface area contributed by atoms with Gasteiger partial charge in [-0.05, 0) is 28.5 Å². The molecule has 0 saturated carbocycles. The van der Waals surface area contributed by atoms with Gasteiger partial charge in [-0.25, -0.2) is 4.79 Å². The summed E-state index contributed by atoms with van der Waals surface area (Å²) in [7, 11) is 0. The van der Waals surface area contributed by atoms with E-state index >= 15 is 0 Å². The van der Waals surface area contributed by atoms with E-state index in [1.54, 1.807) is 12.1 Å². The van der Waals surface area contributed by atoms with Gasteiger partial charge in [0, 0.05) is 12.0 Å². The Hall–Kier alpha value is -2.94. The van der Waals surface area contributed by atoms with Crippen molar-refractivity contribution in [2.45, 2.75) is 6.42 Å². The van der Waals surface area contributed by atoms with Crippen molar-refractivity contribution in [1.82, 2.24) is 0 Å². The molecule has 0 saturated heterocycles. The molecule has 0 fully saturated rings. The molecular formula is C19H13NO2. The molecule has 0 aliphatic carbocycles. The Balaban J connectivity index is 1.86. The van der Waals surface area contributed by atoms with E-state index in [4.69, 9.17) is 0 Å². The van der Waals surface area contributed by atoms with Gasteiger partial charge in [0.25, 0.3) is 0 Å². The van der Waals surface area contributed by atoms with E-state index in [0.29, 0.717) is 12.0 Å². The van der Waals surface area contributed by atoms with Crippen molar-refractivity contribution < 1.29 is 9.90 Å². The fourth-order valence-corrected chi connectivity index (χ4v) is 3.05. The van der Waals surface area contributed by atoms with E-state index in [1.807, 2.05) is 30.3 Å². The number of rotatable bonds is 2. The molecule has 0 bridgehead atoms. The second kappa shape index (κ2) is 4.81. The fourth-order valence-electron chi connectivity index (χ4n) is 3.05. The lowest BCUT2D eigenvalue weighted by molar-refractivity contribution is 0.0696. The molecule has 3 aromatic rings. The predicted molar refractivity (Wildman–Crippen MR) is 87.3 cm³/mol. The molecule has 0 aromatic heterocycles. The van der Waals surface area contributed by atoms with E-state index in [1.165, 1.54) is 0 Å². The van der Waals surface area contributed by atoms with Gasteiger partial charge < -0.3 is 5.11 Å². The lowest BCUT2D eigenvalue weighted by Crippen LogP contribution is -2.05. The number of nitrogens with zero attached hydrogens (tertiary/aromatic N) is 1. The largest absolute Gasteiger partial charge is 0.478 e.